The molecule has 2 rings (SSSR count). The number of anilines is 1. The molecule has 1 saturated carbocycles. The van der Waals surface area contributed by atoms with Gasteiger partial charge in [0.05, 0.1) is 5.41 Å². The van der Waals surface area contributed by atoms with Gasteiger partial charge in [0.25, 0.3) is 0 Å². The fourth-order valence-electron chi connectivity index (χ4n) is 2.59. The maximum absolute atomic E-state index is 12.4. The van der Waals surface area contributed by atoms with Gasteiger partial charge in [-0.1, -0.05) is 33.6 Å². The van der Waals surface area contributed by atoms with Crippen LogP contribution in [0, 0.1) is 5.41 Å². The monoisotopic (exact) mass is 264 g/mol. The summed E-state index contributed by atoms with van der Waals surface area (Å²) in [6, 6.07) is 1.90. The van der Waals surface area contributed by atoms with Crippen LogP contribution in [0.3, 0.4) is 0 Å². The first kappa shape index (κ1) is 14.1. The molecule has 1 aromatic heterocycles. The zero-order valence-corrected chi connectivity index (χ0v) is 12.0. The van der Waals surface area contributed by atoms with Crippen LogP contribution in [0.5, 0.6) is 0 Å². The number of amides is 1. The van der Waals surface area contributed by atoms with Crippen molar-refractivity contribution in [3.8, 4) is 0 Å². The van der Waals surface area contributed by atoms with E-state index in [9.17, 15) is 4.79 Å². The molecule has 0 atom stereocenters. The van der Waals surface area contributed by atoms with Crippen LogP contribution in [0.25, 0.3) is 0 Å². The first-order valence-corrected chi connectivity index (χ1v) is 6.95. The zero-order chi connectivity index (χ0) is 14.1. The number of hydrogen-bond acceptors (Lipinski definition) is 3. The highest BCUT2D eigenvalue weighted by molar-refractivity contribution is 5.95. The highest BCUT2D eigenvalue weighted by atomic mass is 16.2. The lowest BCUT2D eigenvalue weighted by molar-refractivity contribution is -0.124. The Balaban J connectivity index is 2.09. The number of nitrogens with zero attached hydrogens (tertiary/aromatic N) is 1. The Morgan fingerprint density at radius 2 is 2.11 bits per heavy atom. The number of carbonyl (C=O) groups excluding carboxylic acids is 1. The van der Waals surface area contributed by atoms with E-state index in [0.717, 1.165) is 31.4 Å². The Bertz CT molecular complexity index is 452. The van der Waals surface area contributed by atoms with Gasteiger partial charge in [-0.15, -0.1) is 0 Å². The number of rotatable bonds is 3. The summed E-state index contributed by atoms with van der Waals surface area (Å²) in [5.74, 6) is 0.606. The van der Waals surface area contributed by atoms with E-state index in [2.05, 4.69) is 36.3 Å². The number of carbonyl (C=O) groups is 1. The summed E-state index contributed by atoms with van der Waals surface area (Å²) in [4.78, 5) is 12.4. The SMILES string of the molecule is CC(C)(C)c1cc(NC(=O)C2(CN)CCCC2)n[nH]1. The van der Waals surface area contributed by atoms with Gasteiger partial charge in [0.15, 0.2) is 5.82 Å². The molecule has 4 N–H and O–H groups in total. The van der Waals surface area contributed by atoms with Crippen molar-refractivity contribution < 1.29 is 4.79 Å². The van der Waals surface area contributed by atoms with E-state index in [1.165, 1.54) is 0 Å². The third kappa shape index (κ3) is 2.81. The van der Waals surface area contributed by atoms with Crippen LogP contribution in [0.4, 0.5) is 5.82 Å². The van der Waals surface area contributed by atoms with Crippen molar-refractivity contribution in [3.63, 3.8) is 0 Å². The average Bonchev–Trinajstić information content (AvgIpc) is 2.96. The minimum absolute atomic E-state index is 0.00507. The van der Waals surface area contributed by atoms with Gasteiger partial charge in [-0.25, -0.2) is 0 Å². The maximum Gasteiger partial charge on any atom is 0.233 e. The molecule has 19 heavy (non-hydrogen) atoms. The molecule has 1 aliphatic carbocycles. The van der Waals surface area contributed by atoms with E-state index in [1.807, 2.05) is 6.07 Å². The van der Waals surface area contributed by atoms with Gasteiger partial charge in [0.1, 0.15) is 0 Å². The third-order valence-corrected chi connectivity index (χ3v) is 4.06. The second-order valence-corrected chi connectivity index (χ2v) is 6.56. The smallest absolute Gasteiger partial charge is 0.233 e. The van der Waals surface area contributed by atoms with Crippen molar-refractivity contribution in [3.05, 3.63) is 11.8 Å². The largest absolute Gasteiger partial charge is 0.329 e. The molecule has 0 saturated heterocycles. The summed E-state index contributed by atoms with van der Waals surface area (Å²) in [5, 5.41) is 10.0. The van der Waals surface area contributed by atoms with Crippen molar-refractivity contribution in [2.24, 2.45) is 11.1 Å². The zero-order valence-electron chi connectivity index (χ0n) is 12.0. The van der Waals surface area contributed by atoms with E-state index < -0.39 is 0 Å². The van der Waals surface area contributed by atoms with Gasteiger partial charge in [-0.05, 0) is 12.8 Å². The first-order chi connectivity index (χ1) is 8.87. The molecule has 0 radical (unpaired) electrons. The molecule has 5 heteroatoms. The van der Waals surface area contributed by atoms with Crippen LogP contribution in [-0.2, 0) is 10.2 Å². The lowest BCUT2D eigenvalue weighted by Crippen LogP contribution is -2.40. The van der Waals surface area contributed by atoms with Gasteiger partial charge in [0, 0.05) is 23.7 Å². The number of hydrogen-bond donors (Lipinski definition) is 3. The van der Waals surface area contributed by atoms with Crippen LogP contribution < -0.4 is 11.1 Å². The number of nitrogens with one attached hydrogen (secondary N) is 2. The number of aromatic amines is 1. The van der Waals surface area contributed by atoms with Crippen molar-refractivity contribution in [1.82, 2.24) is 10.2 Å². The summed E-state index contributed by atoms with van der Waals surface area (Å²) in [5.41, 5.74) is 6.43. The highest BCUT2D eigenvalue weighted by Gasteiger charge is 2.40. The maximum atomic E-state index is 12.4. The standard InChI is InChI=1S/C14H24N4O/c1-13(2,3)10-8-11(18-17-10)16-12(19)14(9-15)6-4-5-7-14/h8H,4-7,9,15H2,1-3H3,(H2,16,17,18,19). The van der Waals surface area contributed by atoms with Gasteiger partial charge in [0.2, 0.25) is 5.91 Å². The molecule has 1 amide bonds. The van der Waals surface area contributed by atoms with E-state index in [1.54, 1.807) is 0 Å². The van der Waals surface area contributed by atoms with Crippen molar-refractivity contribution >= 4 is 11.7 Å². The predicted octanol–water partition coefficient (Wildman–Crippen LogP) is 2.16. The molecule has 1 fully saturated rings. The normalized spacial score (nSPS) is 18.5. The number of nitrogens with two attached hydrogens (primary N) is 1. The molecule has 0 unspecified atom stereocenters. The van der Waals surface area contributed by atoms with Gasteiger partial charge < -0.3 is 11.1 Å². The second-order valence-electron chi connectivity index (χ2n) is 6.56. The minimum atomic E-state index is -0.388. The Morgan fingerprint density at radius 3 is 2.58 bits per heavy atom. The molecular weight excluding hydrogens is 240 g/mol. The Morgan fingerprint density at radius 1 is 1.47 bits per heavy atom. The Hall–Kier alpha value is -1.36. The Labute approximate surface area is 114 Å². The first-order valence-electron chi connectivity index (χ1n) is 6.95. The molecule has 0 aromatic carbocycles. The van der Waals surface area contributed by atoms with Gasteiger partial charge >= 0.3 is 0 Å². The van der Waals surface area contributed by atoms with E-state index >= 15 is 0 Å². The summed E-state index contributed by atoms with van der Waals surface area (Å²) < 4.78 is 0. The lowest BCUT2D eigenvalue weighted by Gasteiger charge is -2.24. The molecule has 106 valence electrons. The fourth-order valence-corrected chi connectivity index (χ4v) is 2.59. The predicted molar refractivity (Wildman–Crippen MR) is 75.9 cm³/mol. The molecule has 1 aromatic rings. The fraction of sp³-hybridized carbons (Fsp3) is 0.714. The topological polar surface area (TPSA) is 83.8 Å². The van der Waals surface area contributed by atoms with Gasteiger partial charge in [-0.2, -0.15) is 5.10 Å². The molecule has 0 aliphatic heterocycles. The van der Waals surface area contributed by atoms with Crippen LogP contribution in [0.15, 0.2) is 6.07 Å². The van der Waals surface area contributed by atoms with Gasteiger partial charge in [-0.3, -0.25) is 9.89 Å². The van der Waals surface area contributed by atoms with E-state index in [-0.39, 0.29) is 16.7 Å². The Kier molecular flexibility index (Phi) is 3.67. The van der Waals surface area contributed by atoms with Crippen molar-refractivity contribution in [2.75, 3.05) is 11.9 Å². The number of aromatic nitrogens is 2. The number of H-pyrrole nitrogens is 1. The van der Waals surface area contributed by atoms with Crippen molar-refractivity contribution in [1.29, 1.82) is 0 Å². The summed E-state index contributed by atoms with van der Waals surface area (Å²) >= 11 is 0. The van der Waals surface area contributed by atoms with Crippen LogP contribution >= 0.6 is 0 Å². The average molecular weight is 264 g/mol. The molecule has 5 nitrogen and oxygen atoms in total. The highest BCUT2D eigenvalue weighted by Crippen LogP contribution is 2.38. The van der Waals surface area contributed by atoms with E-state index in [4.69, 9.17) is 5.73 Å². The third-order valence-electron chi connectivity index (χ3n) is 4.06. The van der Waals surface area contributed by atoms with E-state index in [0.29, 0.717) is 12.4 Å². The summed E-state index contributed by atoms with van der Waals surface area (Å²) in [7, 11) is 0. The quantitative estimate of drug-likeness (QED) is 0.782. The molecule has 0 spiro atoms. The van der Waals surface area contributed by atoms with Crippen molar-refractivity contribution in [2.45, 2.75) is 51.9 Å². The van der Waals surface area contributed by atoms with Crippen LogP contribution in [0.2, 0.25) is 0 Å². The summed E-state index contributed by atoms with van der Waals surface area (Å²) in [6.07, 6.45) is 3.93. The molecular formula is C14H24N4O. The van der Waals surface area contributed by atoms with Crippen LogP contribution in [0.1, 0.15) is 52.1 Å². The van der Waals surface area contributed by atoms with Crippen LogP contribution in [-0.4, -0.2) is 22.6 Å². The minimum Gasteiger partial charge on any atom is -0.329 e. The molecule has 1 aliphatic rings. The molecule has 1 heterocycles. The molecule has 0 bridgehead atoms. The second kappa shape index (κ2) is 4.96. The summed E-state index contributed by atoms with van der Waals surface area (Å²) in [6.45, 7) is 6.72. The lowest BCUT2D eigenvalue weighted by atomic mass is 9.85.